The van der Waals surface area contributed by atoms with E-state index in [1.807, 2.05) is 6.08 Å². The number of unbranched alkanes of at least 4 members (excludes halogenated alkanes) is 22. The molecule has 19 nitrogen and oxygen atoms in total. The molecule has 3 aliphatic heterocycles. The number of nitrogens with one attached hydrogen (secondary N) is 1. The van der Waals surface area contributed by atoms with Crippen molar-refractivity contribution in [3.63, 3.8) is 0 Å². The number of amides is 1. The number of aliphatic hydroxyl groups excluding tert-OH is 11. The summed E-state index contributed by atoms with van der Waals surface area (Å²) in [6.45, 7) is 1.58. The molecule has 3 saturated heterocycles. The van der Waals surface area contributed by atoms with E-state index in [9.17, 15) is 61.0 Å². The van der Waals surface area contributed by atoms with Crippen molar-refractivity contribution in [3.05, 3.63) is 134 Å². The van der Waals surface area contributed by atoms with Crippen LogP contribution in [0, 0.1) is 0 Å². The van der Waals surface area contributed by atoms with Gasteiger partial charge in [0.15, 0.2) is 18.9 Å². The molecule has 3 rings (SSSR count). The highest BCUT2D eigenvalue weighted by atomic mass is 16.8. The van der Waals surface area contributed by atoms with Gasteiger partial charge in [0.2, 0.25) is 5.91 Å². The fourth-order valence-electron chi connectivity index (χ4n) is 12.0. The van der Waals surface area contributed by atoms with Crippen LogP contribution in [0.3, 0.4) is 0 Å². The smallest absolute Gasteiger partial charge is 0.220 e. The van der Waals surface area contributed by atoms with Gasteiger partial charge in [-0.05, 0) is 109 Å². The number of allylic oxidation sites excluding steroid dienone is 21. The Morgan fingerprint density at radius 1 is 0.370 bits per heavy atom. The first-order valence-corrected chi connectivity index (χ1v) is 38.4. The van der Waals surface area contributed by atoms with E-state index >= 15 is 0 Å². The van der Waals surface area contributed by atoms with Crippen LogP contribution in [-0.2, 0) is 33.2 Å². The van der Waals surface area contributed by atoms with Crippen LogP contribution < -0.4 is 5.32 Å². The Labute approximate surface area is 600 Å². The second kappa shape index (κ2) is 60.2. The topological polar surface area (TPSA) is 307 Å². The zero-order valence-corrected chi connectivity index (χ0v) is 60.9. The first-order chi connectivity index (χ1) is 48.8. The maximum atomic E-state index is 13.5. The normalized spacial score (nSPS) is 27.2. The van der Waals surface area contributed by atoms with Crippen molar-refractivity contribution < 1.29 is 89.4 Å². The van der Waals surface area contributed by atoms with Gasteiger partial charge in [0.05, 0.1) is 38.6 Å². The molecule has 0 aliphatic carbocycles. The van der Waals surface area contributed by atoms with E-state index in [1.165, 1.54) is 96.3 Å². The third-order valence-electron chi connectivity index (χ3n) is 18.2. The summed E-state index contributed by atoms with van der Waals surface area (Å²) in [5, 5.41) is 121. The lowest BCUT2D eigenvalue weighted by atomic mass is 9.96. The lowest BCUT2D eigenvalue weighted by molar-refractivity contribution is -0.379. The Hall–Kier alpha value is -4.07. The number of hydrogen-bond donors (Lipinski definition) is 12. The van der Waals surface area contributed by atoms with Crippen LogP contribution in [0.25, 0.3) is 0 Å². The fourth-order valence-corrected chi connectivity index (χ4v) is 12.0. The standard InChI is InChI=1S/C81H135NO18/c1-3-5-7-9-11-13-15-17-19-21-23-25-26-27-28-29-30-31-32-33-34-35-36-37-38-39-41-43-45-47-49-51-53-55-57-59-69(87)82-64(65(86)58-56-54-52-50-48-46-44-42-40-24-22-20-18-16-14-12-10-8-6-4-2)63-95-79-75(93)72(90)77(67(61-84)97-79)100-81-76(94)73(91)78(68(62-85)98-81)99-80-74(92)71(89)70(88)66(60-83)96-80/h5,7,11,13,17,19,23,25,27-28,30-31,33-34,36-37,40,42,48,50,56,58,64-68,70-81,83-86,88-94H,3-4,6,8-10,12,14-16,18,20-22,24,26,29,32,35,38-39,41,43-47,49,51-55,57,59-63H2,1-2H3,(H,82,87)/b7-5-,13-11-,19-17-,25-23-,28-27-,31-30-,34-33-,37-36-,42-40+,50-48+,58-56+. The van der Waals surface area contributed by atoms with Crippen molar-refractivity contribution in [3.8, 4) is 0 Å². The number of carbonyl (C=O) groups is 1. The Balaban J connectivity index is 1.39. The van der Waals surface area contributed by atoms with E-state index < -0.39 is 124 Å². The summed E-state index contributed by atoms with van der Waals surface area (Å²) in [5.41, 5.74) is 0. The molecule has 3 heterocycles. The Morgan fingerprint density at radius 2 is 0.700 bits per heavy atom. The monoisotopic (exact) mass is 1410 g/mol. The Bertz CT molecular complexity index is 2330. The third kappa shape index (κ3) is 40.3. The van der Waals surface area contributed by atoms with Crippen molar-refractivity contribution >= 4 is 5.91 Å². The molecule has 0 bridgehead atoms. The summed E-state index contributed by atoms with van der Waals surface area (Å²) >= 11 is 0. The minimum atomic E-state index is -1.99. The molecule has 17 unspecified atom stereocenters. The first-order valence-electron chi connectivity index (χ1n) is 38.4. The molecular formula is C81H135NO18. The SMILES string of the molecule is CC/C=C\C/C=C\C/C=C\C/C=C\C/C=C\C/C=C\C/C=C\C/C=C\CCCCCCCCCCCCC(=O)NC(COC1OC(CO)C(OC2OC(CO)C(OC3OC(CO)C(O)C(O)C3O)C(O)C2O)C(O)C1O)C(O)/C=C/CC/C=C/CC/C=C/CCCCCCCCCCCC. The maximum Gasteiger partial charge on any atom is 0.220 e. The molecule has 100 heavy (non-hydrogen) atoms. The molecule has 17 atom stereocenters. The minimum Gasteiger partial charge on any atom is -0.394 e. The predicted molar refractivity (Wildman–Crippen MR) is 396 cm³/mol. The summed E-state index contributed by atoms with van der Waals surface area (Å²) in [4.78, 5) is 13.5. The fraction of sp³-hybridized carbons (Fsp3) is 0.716. The predicted octanol–water partition coefficient (Wildman–Crippen LogP) is 12.1. The maximum absolute atomic E-state index is 13.5. The highest BCUT2D eigenvalue weighted by molar-refractivity contribution is 5.76. The molecule has 0 aromatic heterocycles. The summed E-state index contributed by atoms with van der Waals surface area (Å²) in [6.07, 6.45) is 58.5. The van der Waals surface area contributed by atoms with E-state index in [4.69, 9.17) is 28.4 Å². The van der Waals surface area contributed by atoms with Crippen LogP contribution in [0.4, 0.5) is 0 Å². The lowest BCUT2D eigenvalue weighted by Crippen LogP contribution is -2.66. The van der Waals surface area contributed by atoms with Crippen molar-refractivity contribution in [2.24, 2.45) is 0 Å². The van der Waals surface area contributed by atoms with Gasteiger partial charge in [-0.1, -0.05) is 257 Å². The first kappa shape index (κ1) is 90.1. The largest absolute Gasteiger partial charge is 0.394 e. The van der Waals surface area contributed by atoms with Crippen LogP contribution >= 0.6 is 0 Å². The van der Waals surface area contributed by atoms with Gasteiger partial charge in [0, 0.05) is 6.42 Å². The number of aliphatic hydroxyl groups is 11. The van der Waals surface area contributed by atoms with Crippen LogP contribution in [0.5, 0.6) is 0 Å². The van der Waals surface area contributed by atoms with E-state index in [0.717, 1.165) is 109 Å². The zero-order chi connectivity index (χ0) is 72.5. The minimum absolute atomic E-state index is 0.218. The molecule has 0 radical (unpaired) electrons. The number of hydrogen-bond acceptors (Lipinski definition) is 18. The van der Waals surface area contributed by atoms with Crippen molar-refractivity contribution in [1.29, 1.82) is 0 Å². The molecular weight excluding hydrogens is 1270 g/mol. The molecule has 0 aromatic carbocycles. The molecule has 19 heteroatoms. The second-order valence-electron chi connectivity index (χ2n) is 26.7. The molecule has 12 N–H and O–H groups in total. The number of ether oxygens (including phenoxy) is 6. The van der Waals surface area contributed by atoms with Crippen LogP contribution in [0.2, 0.25) is 0 Å². The van der Waals surface area contributed by atoms with Gasteiger partial charge in [0.25, 0.3) is 0 Å². The Morgan fingerprint density at radius 3 is 1.12 bits per heavy atom. The van der Waals surface area contributed by atoms with E-state index in [0.29, 0.717) is 12.8 Å². The second-order valence-corrected chi connectivity index (χ2v) is 26.7. The van der Waals surface area contributed by atoms with Gasteiger partial charge < -0.3 is 89.9 Å². The summed E-state index contributed by atoms with van der Waals surface area (Å²) in [5.74, 6) is -0.299. The van der Waals surface area contributed by atoms with E-state index in [1.54, 1.807) is 6.08 Å². The van der Waals surface area contributed by atoms with E-state index in [2.05, 4.69) is 141 Å². The Kier molecular flexibility index (Phi) is 54.3. The van der Waals surface area contributed by atoms with Crippen molar-refractivity contribution in [2.75, 3.05) is 26.4 Å². The zero-order valence-electron chi connectivity index (χ0n) is 60.9. The lowest BCUT2D eigenvalue weighted by Gasteiger charge is -2.48. The number of rotatable bonds is 58. The molecule has 0 saturated carbocycles. The van der Waals surface area contributed by atoms with Gasteiger partial charge in [-0.3, -0.25) is 4.79 Å². The van der Waals surface area contributed by atoms with Crippen LogP contribution in [0.1, 0.15) is 239 Å². The van der Waals surface area contributed by atoms with Crippen molar-refractivity contribution in [2.45, 2.75) is 343 Å². The van der Waals surface area contributed by atoms with Gasteiger partial charge in [0.1, 0.15) is 73.2 Å². The van der Waals surface area contributed by atoms with Gasteiger partial charge in [-0.25, -0.2) is 0 Å². The molecule has 3 aliphatic rings. The molecule has 3 fully saturated rings. The molecule has 1 amide bonds. The van der Waals surface area contributed by atoms with Crippen LogP contribution in [0.15, 0.2) is 134 Å². The third-order valence-corrected chi connectivity index (χ3v) is 18.2. The van der Waals surface area contributed by atoms with Gasteiger partial charge in [-0.2, -0.15) is 0 Å². The summed E-state index contributed by atoms with van der Waals surface area (Å²) in [7, 11) is 0. The van der Waals surface area contributed by atoms with E-state index in [-0.39, 0.29) is 18.9 Å². The quantitative estimate of drug-likeness (QED) is 0.0199. The average molecular weight is 1410 g/mol. The average Bonchev–Trinajstić information content (AvgIpc) is 0.783. The highest BCUT2D eigenvalue weighted by Gasteiger charge is 2.53. The molecule has 572 valence electrons. The molecule has 0 aromatic rings. The summed E-state index contributed by atoms with van der Waals surface area (Å²) in [6, 6.07) is -1.01. The van der Waals surface area contributed by atoms with Crippen molar-refractivity contribution in [1.82, 2.24) is 5.32 Å². The van der Waals surface area contributed by atoms with Crippen LogP contribution in [-0.4, -0.2) is 193 Å². The van der Waals surface area contributed by atoms with Gasteiger partial charge >= 0.3 is 0 Å². The molecule has 0 spiro atoms. The summed E-state index contributed by atoms with van der Waals surface area (Å²) < 4.78 is 34.4. The highest BCUT2D eigenvalue weighted by Crippen LogP contribution is 2.33. The van der Waals surface area contributed by atoms with Gasteiger partial charge in [-0.15, -0.1) is 0 Å². The number of carbonyl (C=O) groups excluding carboxylic acids is 1.